The van der Waals surface area contributed by atoms with Crippen LogP contribution in [0.2, 0.25) is 5.15 Å². The van der Waals surface area contributed by atoms with Gasteiger partial charge in [0.1, 0.15) is 11.7 Å². The van der Waals surface area contributed by atoms with E-state index in [2.05, 4.69) is 37.5 Å². The highest BCUT2D eigenvalue weighted by molar-refractivity contribution is 14.1. The maximum atomic E-state index is 6.20. The van der Waals surface area contributed by atoms with Gasteiger partial charge in [-0.25, -0.2) is 4.98 Å². The van der Waals surface area contributed by atoms with Crippen LogP contribution in [0, 0.1) is 5.92 Å². The van der Waals surface area contributed by atoms with Crippen molar-refractivity contribution < 1.29 is 4.74 Å². The molecule has 4 atom stereocenters. The summed E-state index contributed by atoms with van der Waals surface area (Å²) in [7, 11) is 0. The molecular weight excluding hydrogens is 393 g/mol. The summed E-state index contributed by atoms with van der Waals surface area (Å²) in [5, 5.41) is 0.288. The van der Waals surface area contributed by atoms with Crippen LogP contribution in [0.15, 0.2) is 6.33 Å². The zero-order chi connectivity index (χ0) is 13.9. The molecule has 2 unspecified atom stereocenters. The minimum absolute atomic E-state index is 0.0297. The average molecular weight is 406 g/mol. The second-order valence-electron chi connectivity index (χ2n) is 5.34. The molecule has 2 aromatic heterocycles. The summed E-state index contributed by atoms with van der Waals surface area (Å²) in [6, 6.07) is 0. The number of halogens is 2. The zero-order valence-electron chi connectivity index (χ0n) is 10.5. The highest BCUT2D eigenvalue weighted by Gasteiger charge is 2.44. The molecule has 0 amide bonds. The number of aromatic nitrogens is 4. The molecule has 4 rings (SSSR count). The third-order valence-electron chi connectivity index (χ3n) is 4.16. The monoisotopic (exact) mass is 405 g/mol. The molecule has 1 saturated carbocycles. The highest BCUT2D eigenvalue weighted by Crippen LogP contribution is 2.46. The fourth-order valence-corrected chi connectivity index (χ4v) is 4.57. The molecule has 106 valence electrons. The molecule has 20 heavy (non-hydrogen) atoms. The van der Waals surface area contributed by atoms with Gasteiger partial charge >= 0.3 is 0 Å². The Bertz CT molecular complexity index is 677. The van der Waals surface area contributed by atoms with Gasteiger partial charge in [0.2, 0.25) is 5.95 Å². The first-order valence-electron chi connectivity index (χ1n) is 6.58. The van der Waals surface area contributed by atoms with Crippen LogP contribution in [0.25, 0.3) is 11.2 Å². The van der Waals surface area contributed by atoms with Crippen LogP contribution in [0.3, 0.4) is 0 Å². The predicted octanol–water partition coefficient (Wildman–Crippen LogP) is 2.56. The summed E-state index contributed by atoms with van der Waals surface area (Å²) in [6.07, 6.45) is 5.51. The number of fused-ring (bicyclic) bond motifs is 2. The molecule has 1 aliphatic heterocycles. The summed E-state index contributed by atoms with van der Waals surface area (Å²) in [5.41, 5.74) is 6.90. The van der Waals surface area contributed by atoms with Crippen molar-refractivity contribution >= 4 is 51.3 Å². The van der Waals surface area contributed by atoms with Gasteiger partial charge in [-0.3, -0.25) is 4.57 Å². The third-order valence-corrected chi connectivity index (χ3v) is 5.75. The molecule has 0 radical (unpaired) electrons. The first-order valence-corrected chi connectivity index (χ1v) is 8.21. The summed E-state index contributed by atoms with van der Waals surface area (Å²) in [6.45, 7) is 0. The van der Waals surface area contributed by atoms with E-state index in [0.717, 1.165) is 6.42 Å². The lowest BCUT2D eigenvalue weighted by molar-refractivity contribution is 0.00612. The van der Waals surface area contributed by atoms with Crippen LogP contribution in [-0.2, 0) is 4.74 Å². The van der Waals surface area contributed by atoms with Crippen molar-refractivity contribution in [1.29, 1.82) is 0 Å². The van der Waals surface area contributed by atoms with E-state index in [0.29, 0.717) is 27.1 Å². The molecule has 6 nitrogen and oxygen atoms in total. The number of nitrogens with two attached hydrogens (primary N) is 1. The Kier molecular flexibility index (Phi) is 3.04. The lowest BCUT2D eigenvalue weighted by Crippen LogP contribution is -2.19. The molecule has 0 spiro atoms. The first kappa shape index (κ1) is 13.0. The molecular formula is C12H13ClIN5O. The number of rotatable bonds is 1. The lowest BCUT2D eigenvalue weighted by atomic mass is 10.0. The van der Waals surface area contributed by atoms with Crippen molar-refractivity contribution in [3.8, 4) is 0 Å². The van der Waals surface area contributed by atoms with E-state index in [-0.39, 0.29) is 17.3 Å². The smallest absolute Gasteiger partial charge is 0.223 e. The summed E-state index contributed by atoms with van der Waals surface area (Å²) in [5.74, 6) is 0.795. The molecule has 8 heteroatoms. The van der Waals surface area contributed by atoms with Crippen LogP contribution in [0.4, 0.5) is 5.95 Å². The van der Waals surface area contributed by atoms with Crippen LogP contribution in [-0.4, -0.2) is 29.5 Å². The molecule has 1 saturated heterocycles. The molecule has 2 aliphatic rings. The van der Waals surface area contributed by atoms with Crippen LogP contribution < -0.4 is 5.73 Å². The molecule has 2 N–H and O–H groups in total. The minimum Gasteiger partial charge on any atom is -0.368 e. The Morgan fingerprint density at radius 3 is 3.05 bits per heavy atom. The number of nitrogen functional groups attached to an aromatic ring is 1. The Hall–Kier alpha value is -0.670. The van der Waals surface area contributed by atoms with E-state index in [9.17, 15) is 0 Å². The lowest BCUT2D eigenvalue weighted by Gasteiger charge is -2.16. The first-order chi connectivity index (χ1) is 9.63. The van der Waals surface area contributed by atoms with Gasteiger partial charge < -0.3 is 10.5 Å². The van der Waals surface area contributed by atoms with Gasteiger partial charge in [-0.05, 0) is 25.2 Å². The summed E-state index contributed by atoms with van der Waals surface area (Å²) >= 11 is 8.54. The molecule has 0 bridgehead atoms. The van der Waals surface area contributed by atoms with Gasteiger partial charge in [0.25, 0.3) is 0 Å². The standard InChI is InChI=1S/C12H13ClIN5O/c13-10-8-11(18-12(15)17-10)19(4-16-8)7-3-5-1-2-6(14)9(5)20-7/h4-7,9H,1-3H2,(H2,15,17,18)/t5-,6?,7?,9+/m1/s1. The van der Waals surface area contributed by atoms with Crippen LogP contribution in [0.5, 0.6) is 0 Å². The van der Waals surface area contributed by atoms with Crippen molar-refractivity contribution in [2.75, 3.05) is 5.73 Å². The second-order valence-corrected chi connectivity index (χ2v) is 7.30. The minimum atomic E-state index is -0.0297. The quantitative estimate of drug-likeness (QED) is 0.448. The number of imidazole rings is 1. The zero-order valence-corrected chi connectivity index (χ0v) is 13.5. The predicted molar refractivity (Wildman–Crippen MR) is 83.8 cm³/mol. The number of hydrogen-bond donors (Lipinski definition) is 1. The topological polar surface area (TPSA) is 78.8 Å². The number of anilines is 1. The Morgan fingerprint density at radius 1 is 1.40 bits per heavy atom. The van der Waals surface area contributed by atoms with Crippen molar-refractivity contribution in [1.82, 2.24) is 19.5 Å². The van der Waals surface area contributed by atoms with E-state index in [1.807, 2.05) is 4.57 Å². The van der Waals surface area contributed by atoms with Crippen LogP contribution >= 0.6 is 34.2 Å². The van der Waals surface area contributed by atoms with Crippen LogP contribution in [0.1, 0.15) is 25.5 Å². The van der Waals surface area contributed by atoms with Gasteiger partial charge in [-0.15, -0.1) is 0 Å². The number of hydrogen-bond acceptors (Lipinski definition) is 5. The second kappa shape index (κ2) is 4.67. The van der Waals surface area contributed by atoms with Crippen molar-refractivity contribution in [2.24, 2.45) is 5.92 Å². The highest BCUT2D eigenvalue weighted by atomic mass is 127. The molecule has 2 fully saturated rings. The number of alkyl halides is 1. The summed E-state index contributed by atoms with van der Waals surface area (Å²) in [4.78, 5) is 12.5. The van der Waals surface area contributed by atoms with Gasteiger partial charge in [-0.2, -0.15) is 9.97 Å². The molecule has 1 aliphatic carbocycles. The Balaban J connectivity index is 1.73. The van der Waals surface area contributed by atoms with Crippen molar-refractivity contribution in [2.45, 2.75) is 35.5 Å². The molecule has 3 heterocycles. The average Bonchev–Trinajstić information content (AvgIpc) is 3.05. The fourth-order valence-electron chi connectivity index (χ4n) is 3.23. The summed E-state index contributed by atoms with van der Waals surface area (Å²) < 4.78 is 8.73. The number of ether oxygens (including phenoxy) is 1. The number of nitrogens with zero attached hydrogens (tertiary/aromatic N) is 4. The maximum Gasteiger partial charge on any atom is 0.223 e. The van der Waals surface area contributed by atoms with Gasteiger partial charge in [0.05, 0.1) is 12.4 Å². The molecule has 0 aromatic carbocycles. The van der Waals surface area contributed by atoms with Gasteiger partial charge in [0.15, 0.2) is 10.8 Å². The Labute approximate surface area is 134 Å². The Morgan fingerprint density at radius 2 is 2.25 bits per heavy atom. The third kappa shape index (κ3) is 1.90. The van der Waals surface area contributed by atoms with Crippen molar-refractivity contribution in [3.05, 3.63) is 11.5 Å². The normalized spacial score (nSPS) is 32.9. The van der Waals surface area contributed by atoms with Crippen molar-refractivity contribution in [3.63, 3.8) is 0 Å². The van der Waals surface area contributed by atoms with E-state index < -0.39 is 0 Å². The SMILES string of the molecule is Nc1nc(Cl)c2ncn(C3C[C@H]4CCC(I)[C@H]4O3)c2n1. The maximum absolute atomic E-state index is 6.20. The van der Waals surface area contributed by atoms with E-state index in [1.165, 1.54) is 12.8 Å². The van der Waals surface area contributed by atoms with E-state index in [1.54, 1.807) is 6.33 Å². The largest absolute Gasteiger partial charge is 0.368 e. The van der Waals surface area contributed by atoms with E-state index >= 15 is 0 Å². The van der Waals surface area contributed by atoms with Gasteiger partial charge in [0, 0.05) is 3.92 Å². The fraction of sp³-hybridized carbons (Fsp3) is 0.583. The van der Waals surface area contributed by atoms with E-state index in [4.69, 9.17) is 22.1 Å². The molecule has 2 aromatic rings. The van der Waals surface area contributed by atoms with Gasteiger partial charge in [-0.1, -0.05) is 34.2 Å².